The minimum absolute atomic E-state index is 0.0105. The second kappa shape index (κ2) is 18.4. The van der Waals surface area contributed by atoms with Crippen molar-refractivity contribution in [3.05, 3.63) is 0 Å². The Morgan fingerprint density at radius 2 is 1.28 bits per heavy atom. The number of carboxylic acid groups (broad SMARTS) is 1. The summed E-state index contributed by atoms with van der Waals surface area (Å²) in [7, 11) is 0. The largest absolute Gasteiger partial charge is 0.481 e. The molecule has 0 bridgehead atoms. The molecule has 3 unspecified atom stereocenters. The smallest absolute Gasteiger partial charge is 0.309 e. The van der Waals surface area contributed by atoms with E-state index in [1.807, 2.05) is 0 Å². The highest BCUT2D eigenvalue weighted by atomic mass is 16.5. The van der Waals surface area contributed by atoms with Gasteiger partial charge in [-0.15, -0.1) is 0 Å². The quantitative estimate of drug-likeness (QED) is 0.158. The van der Waals surface area contributed by atoms with Gasteiger partial charge in [0.25, 0.3) is 0 Å². The van der Waals surface area contributed by atoms with Gasteiger partial charge in [-0.2, -0.15) is 0 Å². The van der Waals surface area contributed by atoms with Gasteiger partial charge in [-0.05, 0) is 50.9 Å². The van der Waals surface area contributed by atoms with Crippen molar-refractivity contribution in [3.8, 4) is 0 Å². The van der Waals surface area contributed by atoms with Crippen LogP contribution in [0.5, 0.6) is 0 Å². The molecule has 4 nitrogen and oxygen atoms in total. The summed E-state index contributed by atoms with van der Waals surface area (Å²) in [5.41, 5.74) is 0. The fourth-order valence-electron chi connectivity index (χ4n) is 4.93. The molecule has 0 spiro atoms. The van der Waals surface area contributed by atoms with Gasteiger partial charge in [0, 0.05) is 0 Å². The Morgan fingerprint density at radius 1 is 0.781 bits per heavy atom. The summed E-state index contributed by atoms with van der Waals surface area (Å²) in [4.78, 5) is 24.1. The molecule has 3 atom stereocenters. The van der Waals surface area contributed by atoms with Crippen molar-refractivity contribution in [2.45, 2.75) is 149 Å². The first kappa shape index (κ1) is 29.0. The molecule has 1 N–H and O–H groups in total. The molecular formula is C28H52O4. The van der Waals surface area contributed by atoms with Crippen LogP contribution in [0, 0.1) is 17.8 Å². The van der Waals surface area contributed by atoms with Gasteiger partial charge in [0.05, 0.1) is 11.8 Å². The van der Waals surface area contributed by atoms with Crippen LogP contribution in [-0.4, -0.2) is 23.1 Å². The van der Waals surface area contributed by atoms with Gasteiger partial charge in [0.1, 0.15) is 6.10 Å². The van der Waals surface area contributed by atoms with E-state index in [1.165, 1.54) is 70.6 Å². The van der Waals surface area contributed by atoms with E-state index in [1.54, 1.807) is 0 Å². The van der Waals surface area contributed by atoms with Crippen LogP contribution in [-0.2, 0) is 14.3 Å². The highest BCUT2D eigenvalue weighted by Crippen LogP contribution is 2.31. The van der Waals surface area contributed by atoms with Gasteiger partial charge in [-0.3, -0.25) is 9.59 Å². The van der Waals surface area contributed by atoms with Crippen LogP contribution in [0.2, 0.25) is 0 Å². The van der Waals surface area contributed by atoms with Crippen molar-refractivity contribution in [1.29, 1.82) is 0 Å². The maximum atomic E-state index is 12.8. The molecule has 1 fully saturated rings. The zero-order valence-corrected chi connectivity index (χ0v) is 21.4. The van der Waals surface area contributed by atoms with Crippen LogP contribution in [0.25, 0.3) is 0 Å². The molecule has 0 aromatic heterocycles. The number of carboxylic acids is 1. The predicted octanol–water partition coefficient (Wildman–Crippen LogP) is 8.32. The molecule has 0 aliphatic heterocycles. The summed E-state index contributed by atoms with van der Waals surface area (Å²) in [6.45, 7) is 6.79. The fraction of sp³-hybridized carbons (Fsp3) is 0.929. The maximum absolute atomic E-state index is 12.8. The van der Waals surface area contributed by atoms with Crippen LogP contribution in [0.3, 0.4) is 0 Å². The lowest BCUT2D eigenvalue weighted by molar-refractivity contribution is -0.158. The molecule has 1 aliphatic carbocycles. The SMILES string of the molecule is CCCCCCCCCCCC(CCCCCC(C)C)OC(=O)C1CCCC(C(=O)O)C1. The van der Waals surface area contributed by atoms with Crippen molar-refractivity contribution in [1.82, 2.24) is 0 Å². The van der Waals surface area contributed by atoms with Crippen molar-refractivity contribution in [3.63, 3.8) is 0 Å². The highest BCUT2D eigenvalue weighted by Gasteiger charge is 2.32. The number of esters is 1. The number of ether oxygens (including phenoxy) is 1. The van der Waals surface area contributed by atoms with Gasteiger partial charge >= 0.3 is 11.9 Å². The van der Waals surface area contributed by atoms with E-state index in [9.17, 15) is 14.7 Å². The molecule has 0 saturated heterocycles. The van der Waals surface area contributed by atoms with Gasteiger partial charge < -0.3 is 9.84 Å². The van der Waals surface area contributed by atoms with Crippen molar-refractivity contribution in [2.75, 3.05) is 0 Å². The zero-order valence-electron chi connectivity index (χ0n) is 21.4. The van der Waals surface area contributed by atoms with Crippen LogP contribution >= 0.6 is 0 Å². The van der Waals surface area contributed by atoms with E-state index in [0.29, 0.717) is 12.8 Å². The average molecular weight is 453 g/mol. The first-order valence-electron chi connectivity index (χ1n) is 13.9. The molecule has 4 heteroatoms. The number of hydrogen-bond donors (Lipinski definition) is 1. The van der Waals surface area contributed by atoms with Gasteiger partial charge in [-0.25, -0.2) is 0 Å². The Labute approximate surface area is 198 Å². The Hall–Kier alpha value is -1.06. The van der Waals surface area contributed by atoms with E-state index < -0.39 is 5.97 Å². The normalized spacial score (nSPS) is 19.8. The molecule has 0 radical (unpaired) electrons. The second-order valence-corrected chi connectivity index (χ2v) is 10.6. The summed E-state index contributed by atoms with van der Waals surface area (Å²) in [6.07, 6.45) is 21.2. The summed E-state index contributed by atoms with van der Waals surface area (Å²) < 4.78 is 5.99. The number of hydrogen-bond acceptors (Lipinski definition) is 3. The third-order valence-electron chi connectivity index (χ3n) is 7.08. The van der Waals surface area contributed by atoms with E-state index >= 15 is 0 Å². The van der Waals surface area contributed by atoms with E-state index in [0.717, 1.165) is 44.4 Å². The summed E-state index contributed by atoms with van der Waals surface area (Å²) >= 11 is 0. The van der Waals surface area contributed by atoms with Crippen molar-refractivity contribution in [2.24, 2.45) is 17.8 Å². The number of carbonyl (C=O) groups excluding carboxylic acids is 1. The van der Waals surface area contributed by atoms with Crippen LogP contribution in [0.15, 0.2) is 0 Å². The highest BCUT2D eigenvalue weighted by molar-refractivity contribution is 5.75. The molecule has 0 aromatic carbocycles. The molecule has 188 valence electrons. The van der Waals surface area contributed by atoms with Crippen molar-refractivity contribution >= 4 is 11.9 Å². The fourth-order valence-corrected chi connectivity index (χ4v) is 4.93. The van der Waals surface area contributed by atoms with Gasteiger partial charge in [0.15, 0.2) is 0 Å². The Balaban J connectivity index is 2.37. The monoisotopic (exact) mass is 452 g/mol. The molecular weight excluding hydrogens is 400 g/mol. The zero-order chi connectivity index (χ0) is 23.6. The van der Waals surface area contributed by atoms with Gasteiger partial charge in [-0.1, -0.05) is 97.8 Å². The standard InChI is InChI=1S/C28H52O4/c1-4-5-6-7-8-9-10-11-14-20-26(21-15-12-13-17-23(2)3)32-28(31)25-19-16-18-24(22-25)27(29)30/h23-26H,4-22H2,1-3H3,(H,29,30). The molecule has 0 heterocycles. The first-order valence-corrected chi connectivity index (χ1v) is 13.9. The summed E-state index contributed by atoms with van der Waals surface area (Å²) in [5, 5.41) is 9.32. The Kier molecular flexibility index (Phi) is 16.6. The lowest BCUT2D eigenvalue weighted by Crippen LogP contribution is -2.31. The number of carbonyl (C=O) groups is 2. The molecule has 32 heavy (non-hydrogen) atoms. The van der Waals surface area contributed by atoms with Crippen LogP contribution in [0.1, 0.15) is 143 Å². The van der Waals surface area contributed by atoms with E-state index in [4.69, 9.17) is 4.74 Å². The summed E-state index contributed by atoms with van der Waals surface area (Å²) in [5.74, 6) is -0.762. The third kappa shape index (κ3) is 14.2. The molecule has 1 saturated carbocycles. The minimum atomic E-state index is -0.765. The number of unbranched alkanes of at least 4 members (excludes halogenated alkanes) is 10. The molecule has 1 aliphatic rings. The van der Waals surface area contributed by atoms with E-state index in [2.05, 4.69) is 20.8 Å². The van der Waals surface area contributed by atoms with Crippen LogP contribution < -0.4 is 0 Å². The Morgan fingerprint density at radius 3 is 1.84 bits per heavy atom. The second-order valence-electron chi connectivity index (χ2n) is 10.6. The average Bonchev–Trinajstić information content (AvgIpc) is 2.77. The maximum Gasteiger partial charge on any atom is 0.309 e. The minimum Gasteiger partial charge on any atom is -0.481 e. The predicted molar refractivity (Wildman–Crippen MR) is 133 cm³/mol. The lowest BCUT2D eigenvalue weighted by Gasteiger charge is -2.27. The van der Waals surface area contributed by atoms with Gasteiger partial charge in [0.2, 0.25) is 0 Å². The Bertz CT molecular complexity index is 488. The van der Waals surface area contributed by atoms with Crippen LogP contribution in [0.4, 0.5) is 0 Å². The van der Waals surface area contributed by atoms with E-state index in [-0.39, 0.29) is 23.9 Å². The van der Waals surface area contributed by atoms with Crippen molar-refractivity contribution < 1.29 is 19.4 Å². The topological polar surface area (TPSA) is 63.6 Å². The first-order chi connectivity index (χ1) is 15.4. The molecule has 0 aromatic rings. The number of rotatable bonds is 19. The summed E-state index contributed by atoms with van der Waals surface area (Å²) in [6, 6.07) is 0. The number of aliphatic carboxylic acids is 1. The lowest BCUT2D eigenvalue weighted by atomic mass is 9.81. The third-order valence-corrected chi connectivity index (χ3v) is 7.08. The molecule has 1 rings (SSSR count). The molecule has 0 amide bonds.